The molecule has 5 rings (SSSR count). The number of anilines is 1. The number of amidine groups is 1. The Morgan fingerprint density at radius 1 is 1.03 bits per heavy atom. The molecule has 1 heterocycles. The van der Waals surface area contributed by atoms with Gasteiger partial charge in [0, 0.05) is 51.9 Å². The first-order valence-electron chi connectivity index (χ1n) is 12.3. The number of nitro benzene ring substituents is 1. The number of carbonyl (C=O) groups is 1. The summed E-state index contributed by atoms with van der Waals surface area (Å²) in [6.45, 7) is 3.95. The van der Waals surface area contributed by atoms with E-state index in [9.17, 15) is 25.4 Å². The molecule has 2 aliphatic rings. The minimum Gasteiger partial charge on any atom is -0.507 e. The maximum atomic E-state index is 13.9. The average Bonchev–Trinajstić information content (AvgIpc) is 2.88. The minimum absolute atomic E-state index is 0.0476. The summed E-state index contributed by atoms with van der Waals surface area (Å²) in [6.07, 6.45) is 0.700. The van der Waals surface area contributed by atoms with Crippen molar-refractivity contribution in [1.82, 2.24) is 0 Å². The van der Waals surface area contributed by atoms with Crippen LogP contribution in [-0.2, 0) is 4.79 Å². The van der Waals surface area contributed by atoms with Crippen LogP contribution in [0.1, 0.15) is 43.7 Å². The van der Waals surface area contributed by atoms with Crippen molar-refractivity contribution in [3.63, 3.8) is 0 Å². The predicted molar refractivity (Wildman–Crippen MR) is 154 cm³/mol. The second-order valence-electron chi connectivity index (χ2n) is 10.5. The first-order valence-corrected chi connectivity index (χ1v) is 13.1. The van der Waals surface area contributed by atoms with Crippen LogP contribution in [0.3, 0.4) is 0 Å². The van der Waals surface area contributed by atoms with E-state index in [1.807, 2.05) is 19.9 Å². The van der Waals surface area contributed by atoms with Gasteiger partial charge < -0.3 is 5.11 Å². The number of nitrogens with zero attached hydrogens (tertiary/aromatic N) is 2. The number of hydrogen-bond donors (Lipinski definition) is 2. The van der Waals surface area contributed by atoms with Crippen LogP contribution >= 0.6 is 23.2 Å². The molecule has 3 aromatic carbocycles. The Labute approximate surface area is 235 Å². The first-order chi connectivity index (χ1) is 18.5. The Morgan fingerprint density at radius 3 is 2.33 bits per heavy atom. The summed E-state index contributed by atoms with van der Waals surface area (Å²) in [5, 5.41) is 33.0. The van der Waals surface area contributed by atoms with Crippen molar-refractivity contribution in [1.29, 1.82) is 5.41 Å². The maximum absolute atomic E-state index is 13.9. The molecule has 0 spiro atoms. The van der Waals surface area contributed by atoms with Crippen molar-refractivity contribution in [2.45, 2.75) is 32.6 Å². The third-order valence-electron chi connectivity index (χ3n) is 7.12. The van der Waals surface area contributed by atoms with Crippen LogP contribution < -0.4 is 4.90 Å². The average molecular weight is 562 g/mol. The number of ketones is 1. The number of non-ortho nitro benzene ring substituents is 1. The highest BCUT2D eigenvalue weighted by Crippen LogP contribution is 2.53. The van der Waals surface area contributed by atoms with Crippen LogP contribution in [0, 0.1) is 20.9 Å². The molecule has 0 saturated carbocycles. The van der Waals surface area contributed by atoms with Gasteiger partial charge in [0.2, 0.25) is 0 Å². The third kappa shape index (κ3) is 4.73. The van der Waals surface area contributed by atoms with Crippen molar-refractivity contribution in [2.24, 2.45) is 5.41 Å². The van der Waals surface area contributed by atoms with Gasteiger partial charge in [0.05, 0.1) is 15.6 Å². The molecule has 198 valence electrons. The number of halogens is 2. The lowest BCUT2D eigenvalue weighted by Crippen LogP contribution is -2.45. The van der Waals surface area contributed by atoms with E-state index in [0.717, 1.165) is 0 Å². The van der Waals surface area contributed by atoms with Gasteiger partial charge in [-0.25, -0.2) is 0 Å². The number of carbonyl (C=O) groups excluding carboxylic acids is 1. The molecule has 0 saturated heterocycles. The summed E-state index contributed by atoms with van der Waals surface area (Å²) in [4.78, 5) is 26.3. The van der Waals surface area contributed by atoms with Crippen LogP contribution in [0.25, 0.3) is 5.76 Å². The number of rotatable bonds is 4. The Kier molecular flexibility index (Phi) is 6.83. The summed E-state index contributed by atoms with van der Waals surface area (Å²) in [5.41, 5.74) is 1.93. The zero-order chi connectivity index (χ0) is 28.1. The van der Waals surface area contributed by atoms with E-state index < -0.39 is 16.3 Å². The van der Waals surface area contributed by atoms with E-state index in [0.29, 0.717) is 39.5 Å². The second kappa shape index (κ2) is 9.98. The molecule has 1 aliphatic carbocycles. The summed E-state index contributed by atoms with van der Waals surface area (Å²) < 4.78 is 0. The predicted octanol–water partition coefficient (Wildman–Crippen LogP) is 8.10. The van der Waals surface area contributed by atoms with Gasteiger partial charge in [-0.3, -0.25) is 25.2 Å². The van der Waals surface area contributed by atoms with Gasteiger partial charge in [-0.15, -0.1) is 0 Å². The van der Waals surface area contributed by atoms with Gasteiger partial charge >= 0.3 is 0 Å². The first kappa shape index (κ1) is 26.7. The number of nitro groups is 1. The lowest BCUT2D eigenvalue weighted by Gasteiger charge is -2.45. The Hall–Kier alpha value is -3.94. The van der Waals surface area contributed by atoms with E-state index >= 15 is 0 Å². The molecule has 1 aliphatic heterocycles. The molecular weight excluding hydrogens is 537 g/mol. The Morgan fingerprint density at radius 2 is 1.69 bits per heavy atom. The van der Waals surface area contributed by atoms with Crippen LogP contribution in [0.2, 0.25) is 10.0 Å². The Bertz CT molecular complexity index is 1590. The molecular formula is C30H25Cl2N3O4. The van der Waals surface area contributed by atoms with Gasteiger partial charge in [0.1, 0.15) is 11.6 Å². The molecule has 9 heteroatoms. The molecule has 0 fully saturated rings. The highest BCUT2D eigenvalue weighted by Gasteiger charge is 2.47. The van der Waals surface area contributed by atoms with Crippen molar-refractivity contribution in [3.05, 3.63) is 121 Å². The normalized spacial score (nSPS) is 20.1. The zero-order valence-corrected chi connectivity index (χ0v) is 22.8. The third-order valence-corrected chi connectivity index (χ3v) is 7.77. The number of benzene rings is 3. The van der Waals surface area contributed by atoms with Crippen LogP contribution in [0.15, 0.2) is 89.6 Å². The van der Waals surface area contributed by atoms with Crippen LogP contribution in [0.5, 0.6) is 0 Å². The summed E-state index contributed by atoms with van der Waals surface area (Å²) in [7, 11) is 0. The number of aliphatic hydroxyl groups is 1. The minimum atomic E-state index is -0.807. The molecule has 0 bridgehead atoms. The molecule has 2 N–H and O–H groups in total. The largest absolute Gasteiger partial charge is 0.507 e. The lowest BCUT2D eigenvalue weighted by atomic mass is 9.67. The van der Waals surface area contributed by atoms with Crippen LogP contribution in [0.4, 0.5) is 11.4 Å². The number of nitrogens with one attached hydrogen (secondary N) is 1. The molecule has 0 radical (unpaired) electrons. The quantitative estimate of drug-likeness (QED) is 0.190. The van der Waals surface area contributed by atoms with Gasteiger partial charge in [-0.05, 0) is 29.5 Å². The van der Waals surface area contributed by atoms with Crippen molar-refractivity contribution in [3.8, 4) is 0 Å². The highest BCUT2D eigenvalue weighted by molar-refractivity contribution is 6.35. The number of hydrogen-bond acceptors (Lipinski definition) is 5. The monoisotopic (exact) mass is 561 g/mol. The van der Waals surface area contributed by atoms with E-state index in [1.54, 1.807) is 53.4 Å². The molecule has 0 unspecified atom stereocenters. The van der Waals surface area contributed by atoms with E-state index in [1.165, 1.54) is 18.2 Å². The Balaban J connectivity index is 1.87. The summed E-state index contributed by atoms with van der Waals surface area (Å²) >= 11 is 13.3. The fourth-order valence-electron chi connectivity index (χ4n) is 5.44. The van der Waals surface area contributed by atoms with Gasteiger partial charge in [-0.2, -0.15) is 0 Å². The molecule has 1 atom stereocenters. The van der Waals surface area contributed by atoms with Gasteiger partial charge in [0.25, 0.3) is 5.69 Å². The summed E-state index contributed by atoms with van der Waals surface area (Å²) in [6, 6.07) is 19.9. The van der Waals surface area contributed by atoms with Crippen LogP contribution in [-0.4, -0.2) is 21.6 Å². The second-order valence-corrected chi connectivity index (χ2v) is 11.3. The van der Waals surface area contributed by atoms with Crippen molar-refractivity contribution in [2.75, 3.05) is 4.90 Å². The smallest absolute Gasteiger partial charge is 0.271 e. The van der Waals surface area contributed by atoms with E-state index in [2.05, 4.69) is 0 Å². The molecule has 39 heavy (non-hydrogen) atoms. The number of allylic oxidation sites excluding steroid dienone is 2. The topological polar surface area (TPSA) is 108 Å². The fraction of sp³-hybridized carbons (Fsp3) is 0.200. The fourth-order valence-corrected chi connectivity index (χ4v) is 5.95. The molecule has 0 aromatic heterocycles. The van der Waals surface area contributed by atoms with Gasteiger partial charge in [0.15, 0.2) is 5.78 Å². The number of Topliss-reactive ketones (excluding diaryl/α,β-unsaturated/α-hetero) is 1. The van der Waals surface area contributed by atoms with Crippen molar-refractivity contribution < 1.29 is 14.8 Å². The summed E-state index contributed by atoms with van der Waals surface area (Å²) in [5.74, 6) is -1.20. The molecule has 0 amide bonds. The highest BCUT2D eigenvalue weighted by atomic mass is 35.5. The molecule has 3 aromatic rings. The van der Waals surface area contributed by atoms with E-state index in [-0.39, 0.29) is 40.1 Å². The standard InChI is InChI=1S/C30H25Cl2N3O4/c1-30(2)15-23-26(24(36)16-30)25(19-10-6-7-11-20(19)31)27(28(37)17-8-4-3-5-9-17)29(33)34(23)22-13-12-18(35(38)39)14-21(22)32/h3-14,25,33,37H,15-16H2,1-2H3/b28-27+,33-29?/t25-/m1/s1. The maximum Gasteiger partial charge on any atom is 0.271 e. The lowest BCUT2D eigenvalue weighted by molar-refractivity contribution is -0.384. The van der Waals surface area contributed by atoms with Crippen molar-refractivity contribution >= 4 is 52.0 Å². The molecule has 7 nitrogen and oxygen atoms in total. The van der Waals surface area contributed by atoms with Gasteiger partial charge in [-0.1, -0.05) is 85.6 Å². The SMILES string of the molecule is CC1(C)CC(=O)C2=C(C1)N(c1ccc([N+](=O)[O-])cc1Cl)C(=N)/C(=C(/O)c1ccccc1)[C@@H]2c1ccccc1Cl. The number of aliphatic hydroxyl groups excluding tert-OH is 1. The zero-order valence-electron chi connectivity index (χ0n) is 21.2. The van der Waals surface area contributed by atoms with E-state index in [4.69, 9.17) is 23.2 Å².